The summed E-state index contributed by atoms with van der Waals surface area (Å²) < 4.78 is 12.8. The molecule has 1 aliphatic heterocycles. The van der Waals surface area contributed by atoms with Crippen molar-refractivity contribution in [3.05, 3.63) is 35.6 Å². The summed E-state index contributed by atoms with van der Waals surface area (Å²) in [5.74, 6) is 0.189. The summed E-state index contributed by atoms with van der Waals surface area (Å²) in [5.41, 5.74) is 0.470. The number of aliphatic hydroxyl groups is 1. The number of rotatable bonds is 6. The molecule has 0 radical (unpaired) electrons. The molecule has 1 amide bonds. The van der Waals surface area contributed by atoms with Gasteiger partial charge < -0.3 is 10.4 Å². The first-order valence-electron chi connectivity index (χ1n) is 7.51. The molecule has 1 saturated carbocycles. The molecule has 3 rings (SSSR count). The molecule has 1 aromatic rings. The van der Waals surface area contributed by atoms with Crippen molar-refractivity contribution in [2.24, 2.45) is 5.92 Å². The van der Waals surface area contributed by atoms with Gasteiger partial charge in [-0.15, -0.1) is 0 Å². The van der Waals surface area contributed by atoms with Gasteiger partial charge in [-0.2, -0.15) is 0 Å². The quantitative estimate of drug-likeness (QED) is 0.820. The van der Waals surface area contributed by atoms with Crippen LogP contribution in [-0.2, 0) is 11.2 Å². The maximum absolute atomic E-state index is 12.8. The second-order valence-electron chi connectivity index (χ2n) is 6.25. The Morgan fingerprint density at radius 2 is 2.00 bits per heavy atom. The summed E-state index contributed by atoms with van der Waals surface area (Å²) in [6.07, 6.45) is 2.93. The summed E-state index contributed by atoms with van der Waals surface area (Å²) >= 11 is 0. The average molecular weight is 292 g/mol. The normalized spacial score (nSPS) is 20.9. The van der Waals surface area contributed by atoms with Crippen LogP contribution < -0.4 is 5.32 Å². The van der Waals surface area contributed by atoms with E-state index >= 15 is 0 Å². The van der Waals surface area contributed by atoms with E-state index in [2.05, 4.69) is 5.32 Å². The summed E-state index contributed by atoms with van der Waals surface area (Å²) in [6, 6.07) is 6.31. The largest absolute Gasteiger partial charge is 0.387 e. The molecule has 0 bridgehead atoms. The summed E-state index contributed by atoms with van der Waals surface area (Å²) in [6.45, 7) is 2.12. The molecule has 5 heteroatoms. The van der Waals surface area contributed by atoms with Crippen LogP contribution >= 0.6 is 0 Å². The zero-order valence-electron chi connectivity index (χ0n) is 12.0. The molecule has 0 aromatic heterocycles. The fourth-order valence-electron chi connectivity index (χ4n) is 2.98. The average Bonchev–Trinajstić information content (AvgIpc) is 3.24. The summed E-state index contributed by atoms with van der Waals surface area (Å²) in [7, 11) is 0. The Balaban J connectivity index is 1.33. The van der Waals surface area contributed by atoms with Gasteiger partial charge in [0.1, 0.15) is 5.82 Å². The van der Waals surface area contributed by atoms with Crippen molar-refractivity contribution in [3.8, 4) is 0 Å². The maximum atomic E-state index is 12.8. The van der Waals surface area contributed by atoms with Crippen LogP contribution in [0.4, 0.5) is 4.39 Å². The monoisotopic (exact) mass is 292 g/mol. The lowest BCUT2D eigenvalue weighted by Gasteiger charge is -2.46. The topological polar surface area (TPSA) is 52.6 Å². The zero-order valence-corrected chi connectivity index (χ0v) is 12.0. The van der Waals surface area contributed by atoms with Crippen molar-refractivity contribution >= 4 is 5.91 Å². The highest BCUT2D eigenvalue weighted by Crippen LogP contribution is 2.44. The van der Waals surface area contributed by atoms with Gasteiger partial charge in [0, 0.05) is 19.6 Å². The molecule has 2 fully saturated rings. The number of hydrogen-bond donors (Lipinski definition) is 2. The number of carbonyl (C=O) groups is 1. The summed E-state index contributed by atoms with van der Waals surface area (Å²) in [5, 5.41) is 13.0. The molecule has 114 valence electrons. The molecule has 21 heavy (non-hydrogen) atoms. The van der Waals surface area contributed by atoms with Crippen LogP contribution in [0.1, 0.15) is 18.4 Å². The molecule has 1 heterocycles. The Morgan fingerprint density at radius 1 is 1.33 bits per heavy atom. The van der Waals surface area contributed by atoms with Crippen LogP contribution in [0.3, 0.4) is 0 Å². The van der Waals surface area contributed by atoms with Crippen LogP contribution in [0.15, 0.2) is 24.3 Å². The van der Waals surface area contributed by atoms with Gasteiger partial charge in [-0.1, -0.05) is 12.1 Å². The van der Waals surface area contributed by atoms with E-state index < -0.39 is 5.60 Å². The molecule has 0 atom stereocenters. The number of nitrogens with one attached hydrogen (secondary N) is 1. The molecule has 0 unspecified atom stereocenters. The highest BCUT2D eigenvalue weighted by Gasteiger charge is 2.51. The fourth-order valence-corrected chi connectivity index (χ4v) is 2.98. The molecular formula is C16H21FN2O2. The first-order valence-corrected chi connectivity index (χ1v) is 7.51. The molecule has 0 spiro atoms. The minimum Gasteiger partial charge on any atom is -0.387 e. The lowest BCUT2D eigenvalue weighted by Crippen LogP contribution is -2.64. The fraction of sp³-hybridized carbons (Fsp3) is 0.562. The number of carbonyl (C=O) groups excluding carboxylic acids is 1. The highest BCUT2D eigenvalue weighted by molar-refractivity contribution is 5.78. The van der Waals surface area contributed by atoms with Gasteiger partial charge in [0.05, 0.1) is 12.1 Å². The van der Waals surface area contributed by atoms with Crippen LogP contribution in [-0.4, -0.2) is 47.7 Å². The van der Waals surface area contributed by atoms with Crippen molar-refractivity contribution < 1.29 is 14.3 Å². The number of halogens is 1. The van der Waals surface area contributed by atoms with Crippen molar-refractivity contribution in [2.75, 3.05) is 26.2 Å². The molecular weight excluding hydrogens is 271 g/mol. The highest BCUT2D eigenvalue weighted by atomic mass is 19.1. The molecule has 1 saturated heterocycles. The van der Waals surface area contributed by atoms with Crippen molar-refractivity contribution in [1.82, 2.24) is 10.2 Å². The Bertz CT molecular complexity index is 508. The number of benzene rings is 1. The van der Waals surface area contributed by atoms with Gasteiger partial charge in [0.15, 0.2) is 0 Å². The van der Waals surface area contributed by atoms with Crippen molar-refractivity contribution in [1.29, 1.82) is 0 Å². The molecule has 4 nitrogen and oxygen atoms in total. The smallest absolute Gasteiger partial charge is 0.234 e. The van der Waals surface area contributed by atoms with Gasteiger partial charge in [-0.05, 0) is 42.9 Å². The van der Waals surface area contributed by atoms with E-state index in [1.165, 1.54) is 12.1 Å². The van der Waals surface area contributed by atoms with E-state index in [4.69, 9.17) is 0 Å². The third kappa shape index (κ3) is 3.60. The minimum atomic E-state index is -0.533. The Kier molecular flexibility index (Phi) is 3.95. The standard InChI is InChI=1S/C16H21FN2O2/c17-14-5-1-12(2-6-14)7-8-18-15(20)9-19-10-16(21,11-19)13-3-4-13/h1-2,5-6,13,21H,3-4,7-11H2,(H,18,20). The number of nitrogens with zero attached hydrogens (tertiary/aromatic N) is 1. The Labute approximate surface area is 124 Å². The Hall–Kier alpha value is -1.46. The van der Waals surface area contributed by atoms with Gasteiger partial charge in [-0.3, -0.25) is 9.69 Å². The maximum Gasteiger partial charge on any atom is 0.234 e. The SMILES string of the molecule is O=C(CN1CC(O)(C2CC2)C1)NCCc1ccc(F)cc1. The van der Waals surface area contributed by atoms with Crippen molar-refractivity contribution in [3.63, 3.8) is 0 Å². The van der Waals surface area contributed by atoms with Gasteiger partial charge >= 0.3 is 0 Å². The van der Waals surface area contributed by atoms with E-state index in [9.17, 15) is 14.3 Å². The third-order valence-corrected chi connectivity index (χ3v) is 4.35. The lowest BCUT2D eigenvalue weighted by atomic mass is 9.89. The van der Waals surface area contributed by atoms with E-state index in [1.54, 1.807) is 12.1 Å². The van der Waals surface area contributed by atoms with E-state index in [0.29, 0.717) is 38.5 Å². The number of β-amino-alcohol motifs (C(OH)–C–C–N with tert-alkyl or cyclic N) is 1. The first kappa shape index (κ1) is 14.5. The molecule has 1 aliphatic carbocycles. The van der Waals surface area contributed by atoms with Crippen LogP contribution in [0.5, 0.6) is 0 Å². The zero-order chi connectivity index (χ0) is 14.9. The van der Waals surface area contributed by atoms with Gasteiger partial charge in [-0.25, -0.2) is 4.39 Å². The second kappa shape index (κ2) is 5.73. The van der Waals surface area contributed by atoms with Gasteiger partial charge in [0.25, 0.3) is 0 Å². The van der Waals surface area contributed by atoms with E-state index in [-0.39, 0.29) is 11.7 Å². The second-order valence-corrected chi connectivity index (χ2v) is 6.25. The van der Waals surface area contributed by atoms with Gasteiger partial charge in [0.2, 0.25) is 5.91 Å². The van der Waals surface area contributed by atoms with Crippen LogP contribution in [0, 0.1) is 11.7 Å². The van der Waals surface area contributed by atoms with E-state index in [0.717, 1.165) is 18.4 Å². The molecule has 2 N–H and O–H groups in total. The number of amides is 1. The summed E-state index contributed by atoms with van der Waals surface area (Å²) in [4.78, 5) is 13.8. The third-order valence-electron chi connectivity index (χ3n) is 4.35. The van der Waals surface area contributed by atoms with E-state index in [1.807, 2.05) is 4.90 Å². The lowest BCUT2D eigenvalue weighted by molar-refractivity contribution is -0.136. The number of likely N-dealkylation sites (tertiary alicyclic amines) is 1. The molecule has 1 aromatic carbocycles. The predicted molar refractivity (Wildman–Crippen MR) is 77.2 cm³/mol. The van der Waals surface area contributed by atoms with Crippen LogP contribution in [0.25, 0.3) is 0 Å². The van der Waals surface area contributed by atoms with Crippen LogP contribution in [0.2, 0.25) is 0 Å². The molecule has 2 aliphatic rings. The first-order chi connectivity index (χ1) is 10.0. The predicted octanol–water partition coefficient (Wildman–Crippen LogP) is 0.941. The minimum absolute atomic E-state index is 0.0186. The number of hydrogen-bond acceptors (Lipinski definition) is 3. The Morgan fingerprint density at radius 3 is 2.62 bits per heavy atom. The van der Waals surface area contributed by atoms with Crippen molar-refractivity contribution in [2.45, 2.75) is 24.9 Å².